The first-order chi connectivity index (χ1) is 11.0. The molecule has 0 radical (unpaired) electrons. The standard InChI is InChI=1S/C19H19N3O/c1-19(2,3)17-11-18-20-12-15(13-22(18)21-17)9-8-14-6-5-7-16(10-14)23-4/h5-7,10-13H,1-4H3. The predicted octanol–water partition coefficient (Wildman–Crippen LogP) is 3.44. The summed E-state index contributed by atoms with van der Waals surface area (Å²) in [5.74, 6) is 7.05. The first kappa shape index (κ1) is 15.1. The van der Waals surface area contributed by atoms with Crippen molar-refractivity contribution in [1.29, 1.82) is 0 Å². The summed E-state index contributed by atoms with van der Waals surface area (Å²) >= 11 is 0. The Kier molecular flexibility index (Phi) is 3.79. The summed E-state index contributed by atoms with van der Waals surface area (Å²) in [5, 5.41) is 4.59. The summed E-state index contributed by atoms with van der Waals surface area (Å²) in [6.07, 6.45) is 3.68. The van der Waals surface area contributed by atoms with E-state index in [0.717, 1.165) is 28.2 Å². The van der Waals surface area contributed by atoms with Crippen molar-refractivity contribution in [2.45, 2.75) is 26.2 Å². The molecule has 4 nitrogen and oxygen atoms in total. The van der Waals surface area contributed by atoms with E-state index >= 15 is 0 Å². The van der Waals surface area contributed by atoms with Crippen LogP contribution in [-0.2, 0) is 5.41 Å². The average Bonchev–Trinajstić information content (AvgIpc) is 2.96. The van der Waals surface area contributed by atoms with E-state index in [1.807, 2.05) is 36.5 Å². The Morgan fingerprint density at radius 1 is 1.09 bits per heavy atom. The Bertz CT molecular complexity index is 907. The summed E-state index contributed by atoms with van der Waals surface area (Å²) < 4.78 is 6.99. The Labute approximate surface area is 136 Å². The lowest BCUT2D eigenvalue weighted by Crippen LogP contribution is -2.11. The van der Waals surface area contributed by atoms with Gasteiger partial charge in [0.1, 0.15) is 5.75 Å². The van der Waals surface area contributed by atoms with Crippen LogP contribution in [0.2, 0.25) is 0 Å². The van der Waals surface area contributed by atoms with Crippen molar-refractivity contribution < 1.29 is 4.74 Å². The van der Waals surface area contributed by atoms with Crippen LogP contribution in [-0.4, -0.2) is 21.7 Å². The monoisotopic (exact) mass is 305 g/mol. The molecule has 0 spiro atoms. The van der Waals surface area contributed by atoms with Gasteiger partial charge in [0.25, 0.3) is 0 Å². The summed E-state index contributed by atoms with van der Waals surface area (Å²) in [6, 6.07) is 9.70. The smallest absolute Gasteiger partial charge is 0.155 e. The van der Waals surface area contributed by atoms with Crippen molar-refractivity contribution >= 4 is 5.65 Å². The van der Waals surface area contributed by atoms with Crippen LogP contribution in [0, 0.1) is 11.8 Å². The molecule has 1 aromatic carbocycles. The number of nitrogens with zero attached hydrogens (tertiary/aromatic N) is 3. The normalized spacial score (nSPS) is 11.1. The minimum absolute atomic E-state index is 0.000133. The van der Waals surface area contributed by atoms with Crippen molar-refractivity contribution in [3.8, 4) is 17.6 Å². The molecule has 0 N–H and O–H groups in total. The largest absolute Gasteiger partial charge is 0.497 e. The molecular formula is C19H19N3O. The first-order valence-corrected chi connectivity index (χ1v) is 7.48. The van der Waals surface area contributed by atoms with Crippen LogP contribution in [0.15, 0.2) is 42.7 Å². The van der Waals surface area contributed by atoms with Gasteiger partial charge in [-0.2, -0.15) is 5.10 Å². The molecular weight excluding hydrogens is 286 g/mol. The van der Waals surface area contributed by atoms with Gasteiger partial charge < -0.3 is 4.74 Å². The van der Waals surface area contributed by atoms with Crippen molar-refractivity contribution in [1.82, 2.24) is 14.6 Å². The van der Waals surface area contributed by atoms with E-state index in [0.29, 0.717) is 0 Å². The molecule has 0 bridgehead atoms. The SMILES string of the molecule is COc1cccc(C#Cc2cnc3cc(C(C)(C)C)nn3c2)c1. The van der Waals surface area contributed by atoms with E-state index in [2.05, 4.69) is 42.7 Å². The molecule has 3 aromatic rings. The zero-order valence-electron chi connectivity index (χ0n) is 13.8. The second-order valence-electron chi connectivity index (χ2n) is 6.41. The lowest BCUT2D eigenvalue weighted by Gasteiger charge is -2.13. The van der Waals surface area contributed by atoms with Gasteiger partial charge in [0.15, 0.2) is 5.65 Å². The van der Waals surface area contributed by atoms with Crippen LogP contribution in [0.5, 0.6) is 5.75 Å². The van der Waals surface area contributed by atoms with Gasteiger partial charge in [-0.25, -0.2) is 9.50 Å². The van der Waals surface area contributed by atoms with Crippen molar-refractivity contribution in [2.24, 2.45) is 0 Å². The van der Waals surface area contributed by atoms with Crippen LogP contribution in [0.1, 0.15) is 37.6 Å². The third-order valence-electron chi connectivity index (χ3n) is 3.50. The zero-order chi connectivity index (χ0) is 16.4. The summed E-state index contributed by atoms with van der Waals surface area (Å²) in [7, 11) is 1.65. The third kappa shape index (κ3) is 3.35. The highest BCUT2D eigenvalue weighted by atomic mass is 16.5. The fraction of sp³-hybridized carbons (Fsp3) is 0.263. The highest BCUT2D eigenvalue weighted by molar-refractivity contribution is 5.47. The Morgan fingerprint density at radius 3 is 2.61 bits per heavy atom. The second kappa shape index (κ2) is 5.77. The molecule has 0 amide bonds. The molecule has 0 aliphatic carbocycles. The van der Waals surface area contributed by atoms with Gasteiger partial charge in [0.05, 0.1) is 18.4 Å². The fourth-order valence-corrected chi connectivity index (χ4v) is 2.15. The summed E-state index contributed by atoms with van der Waals surface area (Å²) in [6.45, 7) is 6.41. The number of aromatic nitrogens is 3. The van der Waals surface area contributed by atoms with E-state index in [1.165, 1.54) is 0 Å². The molecule has 0 aliphatic rings. The van der Waals surface area contributed by atoms with Gasteiger partial charge in [0, 0.05) is 29.4 Å². The number of fused-ring (bicyclic) bond motifs is 1. The molecule has 4 heteroatoms. The minimum Gasteiger partial charge on any atom is -0.497 e. The van der Waals surface area contributed by atoms with Crippen LogP contribution < -0.4 is 4.74 Å². The van der Waals surface area contributed by atoms with Crippen LogP contribution in [0.4, 0.5) is 0 Å². The molecule has 0 atom stereocenters. The topological polar surface area (TPSA) is 39.4 Å². The quantitative estimate of drug-likeness (QED) is 0.647. The minimum atomic E-state index is 0.000133. The molecule has 116 valence electrons. The van der Waals surface area contributed by atoms with Crippen LogP contribution >= 0.6 is 0 Å². The van der Waals surface area contributed by atoms with Gasteiger partial charge >= 0.3 is 0 Å². The molecule has 3 rings (SSSR count). The highest BCUT2D eigenvalue weighted by Crippen LogP contribution is 2.21. The van der Waals surface area contributed by atoms with E-state index in [1.54, 1.807) is 17.8 Å². The Balaban J connectivity index is 1.93. The lowest BCUT2D eigenvalue weighted by molar-refractivity contribution is 0.414. The molecule has 23 heavy (non-hydrogen) atoms. The summed E-state index contributed by atoms with van der Waals surface area (Å²) in [4.78, 5) is 4.43. The van der Waals surface area contributed by atoms with Gasteiger partial charge in [0.2, 0.25) is 0 Å². The molecule has 0 fully saturated rings. The number of hydrogen-bond donors (Lipinski definition) is 0. The Morgan fingerprint density at radius 2 is 1.87 bits per heavy atom. The molecule has 0 aliphatic heterocycles. The maximum atomic E-state index is 5.20. The number of benzene rings is 1. The first-order valence-electron chi connectivity index (χ1n) is 7.48. The zero-order valence-corrected chi connectivity index (χ0v) is 13.8. The van der Waals surface area contributed by atoms with E-state index in [9.17, 15) is 0 Å². The number of rotatable bonds is 1. The predicted molar refractivity (Wildman–Crippen MR) is 90.7 cm³/mol. The third-order valence-corrected chi connectivity index (χ3v) is 3.50. The average molecular weight is 305 g/mol. The van der Waals surface area contributed by atoms with Gasteiger partial charge in [-0.3, -0.25) is 0 Å². The second-order valence-corrected chi connectivity index (χ2v) is 6.41. The molecule has 0 unspecified atom stereocenters. The Hall–Kier alpha value is -2.80. The molecule has 0 saturated carbocycles. The van der Waals surface area contributed by atoms with Crippen molar-refractivity contribution in [3.63, 3.8) is 0 Å². The van der Waals surface area contributed by atoms with E-state index in [4.69, 9.17) is 4.74 Å². The van der Waals surface area contributed by atoms with Crippen LogP contribution in [0.25, 0.3) is 5.65 Å². The van der Waals surface area contributed by atoms with Gasteiger partial charge in [-0.15, -0.1) is 0 Å². The summed E-state index contributed by atoms with van der Waals surface area (Å²) in [5.41, 5.74) is 3.58. The van der Waals surface area contributed by atoms with Crippen molar-refractivity contribution in [2.75, 3.05) is 7.11 Å². The maximum absolute atomic E-state index is 5.20. The number of methoxy groups -OCH3 is 1. The highest BCUT2D eigenvalue weighted by Gasteiger charge is 2.17. The lowest BCUT2D eigenvalue weighted by atomic mass is 9.93. The number of hydrogen-bond acceptors (Lipinski definition) is 3. The van der Waals surface area contributed by atoms with Crippen LogP contribution in [0.3, 0.4) is 0 Å². The maximum Gasteiger partial charge on any atom is 0.155 e. The fourth-order valence-electron chi connectivity index (χ4n) is 2.15. The van der Waals surface area contributed by atoms with Gasteiger partial charge in [-0.05, 0) is 18.2 Å². The van der Waals surface area contributed by atoms with E-state index in [-0.39, 0.29) is 5.41 Å². The molecule has 0 saturated heterocycles. The molecule has 2 heterocycles. The van der Waals surface area contributed by atoms with Crippen molar-refractivity contribution in [3.05, 3.63) is 59.5 Å². The van der Waals surface area contributed by atoms with E-state index < -0.39 is 0 Å². The molecule has 2 aromatic heterocycles. The van der Waals surface area contributed by atoms with Gasteiger partial charge in [-0.1, -0.05) is 38.7 Å². The number of ether oxygens (including phenoxy) is 1.